The maximum atomic E-state index is 8.94. The molecule has 0 heterocycles. The van der Waals surface area contributed by atoms with Crippen LogP contribution in [0.4, 0.5) is 5.69 Å². The molecule has 0 aliphatic heterocycles. The highest BCUT2D eigenvalue weighted by Crippen LogP contribution is 2.25. The van der Waals surface area contributed by atoms with E-state index in [1.54, 1.807) is 6.07 Å². The minimum absolute atomic E-state index is 0.0562. The molecular weight excluding hydrogens is 150 g/mol. The van der Waals surface area contributed by atoms with Crippen LogP contribution in [0.25, 0.3) is 0 Å². The summed E-state index contributed by atoms with van der Waals surface area (Å²) in [5.74, 6) is 0.0562. The number of halogens is 1. The van der Waals surface area contributed by atoms with Crippen LogP contribution in [0.15, 0.2) is 18.2 Å². The van der Waals surface area contributed by atoms with Gasteiger partial charge >= 0.3 is 0 Å². The predicted octanol–water partition coefficient (Wildman–Crippen LogP) is 2.13. The molecule has 0 aromatic heterocycles. The van der Waals surface area contributed by atoms with E-state index in [1.165, 1.54) is 12.1 Å². The minimum atomic E-state index is 0.0562. The summed E-state index contributed by atoms with van der Waals surface area (Å²) in [4.78, 5) is 0. The van der Waals surface area contributed by atoms with Crippen molar-refractivity contribution < 1.29 is 5.11 Å². The summed E-state index contributed by atoms with van der Waals surface area (Å²) >= 11 is 5.55. The average Bonchev–Trinajstić information content (AvgIpc) is 1.95. The Bertz CT molecular complexity index is 237. The summed E-state index contributed by atoms with van der Waals surface area (Å²) < 4.78 is 0. The number of hydrogen-bond donors (Lipinski definition) is 2. The largest absolute Gasteiger partial charge is 0.506 e. The van der Waals surface area contributed by atoms with Crippen LogP contribution in [0, 0.1) is 7.05 Å². The first kappa shape index (κ1) is 7.22. The number of phenolic OH excluding ortho intramolecular Hbond substituents is 1. The molecule has 1 rings (SSSR count). The Hall–Kier alpha value is -0.890. The summed E-state index contributed by atoms with van der Waals surface area (Å²) in [7, 11) is 5.08. The van der Waals surface area contributed by atoms with Crippen molar-refractivity contribution in [2.75, 3.05) is 5.32 Å². The lowest BCUT2D eigenvalue weighted by Crippen LogP contribution is -1.82. The van der Waals surface area contributed by atoms with E-state index < -0.39 is 0 Å². The SMILES string of the molecule is [CH]Nc1ccc(O)c(Cl)c1. The van der Waals surface area contributed by atoms with Crippen LogP contribution in [-0.4, -0.2) is 5.11 Å². The van der Waals surface area contributed by atoms with Gasteiger partial charge in [-0.15, -0.1) is 0 Å². The standard InChI is InChI=1S/C7H6ClNO/c1-9-5-2-3-7(10)6(8)4-5/h1-4,9-10H. The first-order chi connectivity index (χ1) is 4.74. The molecule has 0 aliphatic rings. The zero-order valence-electron chi connectivity index (χ0n) is 5.13. The van der Waals surface area contributed by atoms with Crippen LogP contribution in [0.2, 0.25) is 5.02 Å². The molecule has 1 aromatic carbocycles. The average molecular weight is 156 g/mol. The van der Waals surface area contributed by atoms with Crippen LogP contribution >= 0.6 is 11.6 Å². The Morgan fingerprint density at radius 1 is 1.50 bits per heavy atom. The van der Waals surface area contributed by atoms with Gasteiger partial charge in [0.2, 0.25) is 0 Å². The monoisotopic (exact) mass is 155 g/mol. The van der Waals surface area contributed by atoms with E-state index in [1.807, 2.05) is 0 Å². The van der Waals surface area contributed by atoms with Crippen molar-refractivity contribution >= 4 is 17.3 Å². The van der Waals surface area contributed by atoms with E-state index in [-0.39, 0.29) is 10.8 Å². The highest BCUT2D eigenvalue weighted by atomic mass is 35.5. The maximum Gasteiger partial charge on any atom is 0.134 e. The van der Waals surface area contributed by atoms with Gasteiger partial charge in [-0.2, -0.15) is 0 Å². The highest BCUT2D eigenvalue weighted by molar-refractivity contribution is 6.32. The Morgan fingerprint density at radius 2 is 2.20 bits per heavy atom. The quantitative estimate of drug-likeness (QED) is 0.481. The lowest BCUT2D eigenvalue weighted by molar-refractivity contribution is 0.475. The van der Waals surface area contributed by atoms with Crippen molar-refractivity contribution in [1.82, 2.24) is 0 Å². The van der Waals surface area contributed by atoms with Crippen LogP contribution in [0.5, 0.6) is 5.75 Å². The number of benzene rings is 1. The van der Waals surface area contributed by atoms with Crippen LogP contribution in [0.1, 0.15) is 0 Å². The fourth-order valence-electron chi connectivity index (χ4n) is 0.597. The van der Waals surface area contributed by atoms with E-state index in [9.17, 15) is 0 Å². The molecular formula is C7H6ClNO. The number of anilines is 1. The highest BCUT2D eigenvalue weighted by Gasteiger charge is 1.96. The molecule has 0 unspecified atom stereocenters. The number of aromatic hydroxyl groups is 1. The van der Waals surface area contributed by atoms with Gasteiger partial charge in [-0.1, -0.05) is 11.6 Å². The molecule has 0 fully saturated rings. The van der Waals surface area contributed by atoms with E-state index >= 15 is 0 Å². The van der Waals surface area contributed by atoms with E-state index in [2.05, 4.69) is 5.32 Å². The van der Waals surface area contributed by atoms with Crippen molar-refractivity contribution in [3.63, 3.8) is 0 Å². The lowest BCUT2D eigenvalue weighted by Gasteiger charge is -1.99. The van der Waals surface area contributed by atoms with Gasteiger partial charge < -0.3 is 10.4 Å². The fraction of sp³-hybridized carbons (Fsp3) is 0. The molecule has 1 aromatic rings. The van der Waals surface area contributed by atoms with Gasteiger partial charge in [0.05, 0.1) is 12.1 Å². The molecule has 10 heavy (non-hydrogen) atoms. The summed E-state index contributed by atoms with van der Waals surface area (Å²) in [6.45, 7) is 0. The van der Waals surface area contributed by atoms with Crippen LogP contribution in [0.3, 0.4) is 0 Å². The number of phenols is 1. The van der Waals surface area contributed by atoms with Crippen LogP contribution in [-0.2, 0) is 0 Å². The van der Waals surface area contributed by atoms with Gasteiger partial charge in [0.1, 0.15) is 5.75 Å². The molecule has 0 spiro atoms. The predicted molar refractivity (Wildman–Crippen MR) is 41.0 cm³/mol. The van der Waals surface area contributed by atoms with Gasteiger partial charge in [0.25, 0.3) is 0 Å². The van der Waals surface area contributed by atoms with Crippen molar-refractivity contribution in [2.45, 2.75) is 0 Å². The van der Waals surface area contributed by atoms with Gasteiger partial charge in [0.15, 0.2) is 0 Å². The number of rotatable bonds is 1. The van der Waals surface area contributed by atoms with E-state index in [0.29, 0.717) is 5.69 Å². The first-order valence-corrected chi connectivity index (χ1v) is 3.07. The zero-order valence-corrected chi connectivity index (χ0v) is 5.89. The molecule has 0 saturated heterocycles. The molecule has 0 atom stereocenters. The molecule has 0 aliphatic carbocycles. The van der Waals surface area contributed by atoms with E-state index in [0.717, 1.165) is 0 Å². The molecule has 2 radical (unpaired) electrons. The molecule has 0 bridgehead atoms. The second-order valence-electron chi connectivity index (χ2n) is 1.81. The molecule has 52 valence electrons. The Kier molecular flexibility index (Phi) is 2.02. The maximum absolute atomic E-state index is 8.94. The third-order valence-corrected chi connectivity index (χ3v) is 1.42. The lowest BCUT2D eigenvalue weighted by atomic mass is 10.3. The topological polar surface area (TPSA) is 32.3 Å². The molecule has 0 amide bonds. The Balaban J connectivity index is 3.04. The molecule has 3 heteroatoms. The summed E-state index contributed by atoms with van der Waals surface area (Å²) in [5, 5.41) is 11.6. The third kappa shape index (κ3) is 1.33. The molecule has 0 saturated carbocycles. The second-order valence-corrected chi connectivity index (χ2v) is 2.22. The summed E-state index contributed by atoms with van der Waals surface area (Å²) in [6.07, 6.45) is 0. The van der Waals surface area contributed by atoms with Crippen molar-refractivity contribution in [3.05, 3.63) is 30.3 Å². The minimum Gasteiger partial charge on any atom is -0.506 e. The van der Waals surface area contributed by atoms with Gasteiger partial charge in [-0.25, -0.2) is 0 Å². The number of nitrogens with one attached hydrogen (secondary N) is 1. The third-order valence-electron chi connectivity index (χ3n) is 1.11. The van der Waals surface area contributed by atoms with Crippen LogP contribution < -0.4 is 5.32 Å². The molecule has 2 nitrogen and oxygen atoms in total. The van der Waals surface area contributed by atoms with Gasteiger partial charge in [-0.3, -0.25) is 0 Å². The van der Waals surface area contributed by atoms with E-state index in [4.69, 9.17) is 23.8 Å². The second kappa shape index (κ2) is 2.80. The zero-order chi connectivity index (χ0) is 7.56. The normalized spacial score (nSPS) is 9.40. The number of hydrogen-bond acceptors (Lipinski definition) is 2. The molecule has 2 N–H and O–H groups in total. The summed E-state index contributed by atoms with van der Waals surface area (Å²) in [5.41, 5.74) is 0.669. The Morgan fingerprint density at radius 3 is 2.70 bits per heavy atom. The smallest absolute Gasteiger partial charge is 0.134 e. The van der Waals surface area contributed by atoms with Gasteiger partial charge in [-0.05, 0) is 18.2 Å². The Labute approximate surface area is 64.4 Å². The van der Waals surface area contributed by atoms with Gasteiger partial charge in [0, 0.05) is 5.69 Å². The van der Waals surface area contributed by atoms with Crippen molar-refractivity contribution in [3.8, 4) is 5.75 Å². The summed E-state index contributed by atoms with van der Waals surface area (Å²) in [6, 6.07) is 4.63. The fourth-order valence-corrected chi connectivity index (χ4v) is 0.777. The van der Waals surface area contributed by atoms with Crippen molar-refractivity contribution in [1.29, 1.82) is 0 Å². The van der Waals surface area contributed by atoms with Crippen molar-refractivity contribution in [2.24, 2.45) is 0 Å². The first-order valence-electron chi connectivity index (χ1n) is 2.69.